The fourth-order valence-electron chi connectivity index (χ4n) is 4.17. The van der Waals surface area contributed by atoms with Crippen LogP contribution in [0, 0.1) is 5.92 Å². The zero-order valence-corrected chi connectivity index (χ0v) is 14.2. The molecule has 25 heavy (non-hydrogen) atoms. The third kappa shape index (κ3) is 3.13. The normalized spacial score (nSPS) is 22.2. The van der Waals surface area contributed by atoms with Crippen LogP contribution < -0.4 is 5.32 Å². The molecule has 1 spiro atoms. The molecule has 1 amide bonds. The van der Waals surface area contributed by atoms with E-state index in [-0.39, 0.29) is 24.2 Å². The van der Waals surface area contributed by atoms with Crippen molar-refractivity contribution in [3.63, 3.8) is 0 Å². The van der Waals surface area contributed by atoms with Crippen LogP contribution in [-0.2, 0) is 20.7 Å². The molecule has 0 radical (unpaired) electrons. The van der Waals surface area contributed by atoms with Crippen LogP contribution in [0.4, 0.5) is 0 Å². The number of carbonyl (C=O) groups excluding carboxylic acids is 2. The molecule has 0 aromatic carbocycles. The number of fused-ring (bicyclic) bond motifs is 1. The fraction of sp³-hybridized carbons (Fsp3) is 0.526. The molecule has 0 bridgehead atoms. The number of pyridine rings is 1. The summed E-state index contributed by atoms with van der Waals surface area (Å²) in [4.78, 5) is 29.0. The quantitative estimate of drug-likeness (QED) is 0.866. The number of imidazole rings is 1. The van der Waals surface area contributed by atoms with Crippen molar-refractivity contribution in [3.05, 3.63) is 36.3 Å². The van der Waals surface area contributed by atoms with Gasteiger partial charge in [-0.25, -0.2) is 4.98 Å². The standard InChI is InChI=1S/C19H23N3O3/c23-17-12-15(19(25-17)8-3-1-4-9-19)18(24)20-10-7-14-13-22-11-5-2-6-16(22)21-14/h2,5-6,11,13,15H,1,3-4,7-10,12H2,(H,20,24)/t15-/m0/s1. The summed E-state index contributed by atoms with van der Waals surface area (Å²) in [6, 6.07) is 5.87. The molecule has 132 valence electrons. The molecular weight excluding hydrogens is 318 g/mol. The van der Waals surface area contributed by atoms with Crippen LogP contribution in [0.5, 0.6) is 0 Å². The van der Waals surface area contributed by atoms with Gasteiger partial charge in [0.2, 0.25) is 5.91 Å². The predicted octanol–water partition coefficient (Wildman–Crippen LogP) is 2.26. The van der Waals surface area contributed by atoms with Crippen LogP contribution >= 0.6 is 0 Å². The number of nitrogens with one attached hydrogen (secondary N) is 1. The minimum atomic E-state index is -0.553. The Morgan fingerprint density at radius 3 is 2.96 bits per heavy atom. The topological polar surface area (TPSA) is 72.7 Å². The van der Waals surface area contributed by atoms with E-state index in [1.165, 1.54) is 0 Å². The van der Waals surface area contributed by atoms with Gasteiger partial charge in [-0.15, -0.1) is 0 Å². The smallest absolute Gasteiger partial charge is 0.307 e. The van der Waals surface area contributed by atoms with Crippen molar-refractivity contribution in [2.75, 3.05) is 6.54 Å². The van der Waals surface area contributed by atoms with Crippen LogP contribution in [-0.4, -0.2) is 33.4 Å². The lowest BCUT2D eigenvalue weighted by Gasteiger charge is -2.36. The largest absolute Gasteiger partial charge is 0.458 e. The van der Waals surface area contributed by atoms with E-state index in [0.29, 0.717) is 13.0 Å². The monoisotopic (exact) mass is 341 g/mol. The molecular formula is C19H23N3O3. The van der Waals surface area contributed by atoms with E-state index in [2.05, 4.69) is 10.3 Å². The van der Waals surface area contributed by atoms with Crippen LogP contribution in [0.3, 0.4) is 0 Å². The average Bonchev–Trinajstić information content (AvgIpc) is 3.16. The number of hydrogen-bond donors (Lipinski definition) is 1. The van der Waals surface area contributed by atoms with Gasteiger partial charge in [0.05, 0.1) is 18.0 Å². The molecule has 2 aromatic heterocycles. The molecule has 4 rings (SSSR count). The highest BCUT2D eigenvalue weighted by atomic mass is 16.6. The van der Waals surface area contributed by atoms with Gasteiger partial charge in [0.1, 0.15) is 11.2 Å². The molecule has 0 unspecified atom stereocenters. The van der Waals surface area contributed by atoms with Gasteiger partial charge in [-0.1, -0.05) is 12.5 Å². The molecule has 2 aromatic rings. The molecule has 6 nitrogen and oxygen atoms in total. The lowest BCUT2D eigenvalue weighted by atomic mass is 9.75. The van der Waals surface area contributed by atoms with Gasteiger partial charge in [0.15, 0.2) is 0 Å². The first-order valence-corrected chi connectivity index (χ1v) is 9.08. The lowest BCUT2D eigenvalue weighted by molar-refractivity contribution is -0.153. The highest BCUT2D eigenvalue weighted by molar-refractivity contribution is 5.87. The Morgan fingerprint density at radius 2 is 2.16 bits per heavy atom. The third-order valence-corrected chi connectivity index (χ3v) is 5.43. The van der Waals surface area contributed by atoms with Gasteiger partial charge in [-0.2, -0.15) is 0 Å². The lowest BCUT2D eigenvalue weighted by Crippen LogP contribution is -2.46. The van der Waals surface area contributed by atoms with Gasteiger partial charge in [0.25, 0.3) is 0 Å². The number of aromatic nitrogens is 2. The number of esters is 1. The number of rotatable bonds is 4. The Bertz CT molecular complexity index is 759. The summed E-state index contributed by atoms with van der Waals surface area (Å²) in [6.07, 6.45) is 9.64. The second-order valence-corrected chi connectivity index (χ2v) is 7.10. The summed E-state index contributed by atoms with van der Waals surface area (Å²) in [5, 5.41) is 2.99. The fourth-order valence-corrected chi connectivity index (χ4v) is 4.17. The van der Waals surface area contributed by atoms with E-state index in [1.807, 2.05) is 35.0 Å². The maximum Gasteiger partial charge on any atom is 0.307 e. The van der Waals surface area contributed by atoms with Crippen molar-refractivity contribution < 1.29 is 14.3 Å². The number of amides is 1. The Balaban J connectivity index is 1.37. The van der Waals surface area contributed by atoms with E-state index >= 15 is 0 Å². The highest BCUT2D eigenvalue weighted by Crippen LogP contribution is 2.44. The highest BCUT2D eigenvalue weighted by Gasteiger charge is 2.52. The minimum absolute atomic E-state index is 0.0588. The number of ether oxygens (including phenoxy) is 1. The van der Waals surface area contributed by atoms with E-state index in [9.17, 15) is 9.59 Å². The van der Waals surface area contributed by atoms with Crippen LogP contribution in [0.25, 0.3) is 5.65 Å². The van der Waals surface area contributed by atoms with E-state index in [1.54, 1.807) is 0 Å². The van der Waals surface area contributed by atoms with E-state index < -0.39 is 5.60 Å². The molecule has 2 fully saturated rings. The maximum atomic E-state index is 12.7. The second kappa shape index (κ2) is 6.50. The minimum Gasteiger partial charge on any atom is -0.458 e. The third-order valence-electron chi connectivity index (χ3n) is 5.43. The van der Waals surface area contributed by atoms with Crippen molar-refractivity contribution in [3.8, 4) is 0 Å². The SMILES string of the molecule is O=C1C[C@@H](C(=O)NCCc2cn3ccccc3n2)C2(CCCCC2)O1. The van der Waals surface area contributed by atoms with Gasteiger partial charge in [0, 0.05) is 25.4 Å². The van der Waals surface area contributed by atoms with Crippen molar-refractivity contribution >= 4 is 17.5 Å². The number of hydrogen-bond acceptors (Lipinski definition) is 4. The van der Waals surface area contributed by atoms with Gasteiger partial charge >= 0.3 is 5.97 Å². The molecule has 6 heteroatoms. The van der Waals surface area contributed by atoms with Gasteiger partial charge in [-0.05, 0) is 37.8 Å². The molecule has 1 saturated heterocycles. The number of carbonyl (C=O) groups is 2. The van der Waals surface area contributed by atoms with Crippen LogP contribution in [0.15, 0.2) is 30.6 Å². The zero-order chi connectivity index (χ0) is 17.3. The van der Waals surface area contributed by atoms with E-state index in [4.69, 9.17) is 4.74 Å². The zero-order valence-electron chi connectivity index (χ0n) is 14.2. The Kier molecular flexibility index (Phi) is 4.19. The molecule has 1 N–H and O–H groups in total. The van der Waals surface area contributed by atoms with Gasteiger partial charge in [-0.3, -0.25) is 9.59 Å². The van der Waals surface area contributed by atoms with Crippen molar-refractivity contribution in [2.24, 2.45) is 5.92 Å². The van der Waals surface area contributed by atoms with Crippen molar-refractivity contribution in [2.45, 2.75) is 50.5 Å². The Hall–Kier alpha value is -2.37. The molecule has 3 heterocycles. The first-order valence-electron chi connectivity index (χ1n) is 9.08. The Morgan fingerprint density at radius 1 is 1.32 bits per heavy atom. The van der Waals surface area contributed by atoms with Gasteiger partial charge < -0.3 is 14.5 Å². The molecule has 1 saturated carbocycles. The van der Waals surface area contributed by atoms with Crippen molar-refractivity contribution in [1.82, 2.24) is 14.7 Å². The molecule has 2 aliphatic rings. The molecule has 1 aliphatic heterocycles. The molecule has 1 aliphatic carbocycles. The summed E-state index contributed by atoms with van der Waals surface area (Å²) in [6.45, 7) is 0.517. The summed E-state index contributed by atoms with van der Waals surface area (Å²) >= 11 is 0. The van der Waals surface area contributed by atoms with E-state index in [0.717, 1.165) is 43.4 Å². The summed E-state index contributed by atoms with van der Waals surface area (Å²) in [5.74, 6) is -0.639. The average molecular weight is 341 g/mol. The maximum absolute atomic E-state index is 12.7. The van der Waals surface area contributed by atoms with Crippen LogP contribution in [0.2, 0.25) is 0 Å². The first kappa shape index (κ1) is 16.1. The predicted molar refractivity (Wildman–Crippen MR) is 91.9 cm³/mol. The summed E-state index contributed by atoms with van der Waals surface area (Å²) in [7, 11) is 0. The number of nitrogens with zero attached hydrogens (tertiary/aromatic N) is 2. The van der Waals surface area contributed by atoms with Crippen molar-refractivity contribution in [1.29, 1.82) is 0 Å². The first-order chi connectivity index (χ1) is 12.2. The molecule has 1 atom stereocenters. The van der Waals surface area contributed by atoms with Crippen LogP contribution in [0.1, 0.15) is 44.2 Å². The summed E-state index contributed by atoms with van der Waals surface area (Å²) in [5.41, 5.74) is 1.29. The Labute approximate surface area is 146 Å². The summed E-state index contributed by atoms with van der Waals surface area (Å²) < 4.78 is 7.58. The second-order valence-electron chi connectivity index (χ2n) is 7.10.